The molecule has 0 amide bonds. The molecule has 0 aliphatic carbocycles. The lowest BCUT2D eigenvalue weighted by Crippen LogP contribution is -2.08. The van der Waals surface area contributed by atoms with Gasteiger partial charge in [-0.15, -0.1) is 0 Å². The zero-order valence-electron chi connectivity index (χ0n) is 9.25. The predicted octanol–water partition coefficient (Wildman–Crippen LogP) is 2.95. The summed E-state index contributed by atoms with van der Waals surface area (Å²) in [6, 6.07) is 0. The van der Waals surface area contributed by atoms with Gasteiger partial charge >= 0.3 is 0 Å². The van der Waals surface area contributed by atoms with Crippen molar-refractivity contribution in [1.29, 1.82) is 0 Å². The van der Waals surface area contributed by atoms with Gasteiger partial charge in [0.05, 0.1) is 5.70 Å². The molecular weight excluding hydrogens is 160 g/mol. The number of aliphatic imine (C=N–C) groups is 1. The number of rotatable bonds is 5. The van der Waals surface area contributed by atoms with E-state index in [0.29, 0.717) is 11.8 Å². The maximum absolute atomic E-state index is 5.41. The number of nitrogens with zero attached hydrogens (tertiary/aromatic N) is 1. The van der Waals surface area contributed by atoms with E-state index in [0.717, 1.165) is 18.5 Å². The maximum Gasteiger partial charge on any atom is 0.0551 e. The first-order chi connectivity index (χ1) is 6.15. The Morgan fingerprint density at radius 2 is 2.00 bits per heavy atom. The Labute approximate surface area is 81.9 Å². The van der Waals surface area contributed by atoms with E-state index in [1.165, 1.54) is 0 Å². The van der Waals surface area contributed by atoms with Gasteiger partial charge in [-0.25, -0.2) is 0 Å². The van der Waals surface area contributed by atoms with Crippen LogP contribution in [0.1, 0.15) is 40.5 Å². The summed E-state index contributed by atoms with van der Waals surface area (Å²) in [5.41, 5.74) is 6.38. The Morgan fingerprint density at radius 3 is 2.31 bits per heavy atom. The highest BCUT2D eigenvalue weighted by Gasteiger charge is 2.07. The fraction of sp³-hybridized carbons (Fsp3) is 0.727. The van der Waals surface area contributed by atoms with Gasteiger partial charge in [0.15, 0.2) is 0 Å². The van der Waals surface area contributed by atoms with Crippen LogP contribution in [0.5, 0.6) is 0 Å². The Morgan fingerprint density at radius 1 is 1.38 bits per heavy atom. The fourth-order valence-corrected chi connectivity index (χ4v) is 1.19. The first-order valence-corrected chi connectivity index (χ1v) is 5.10. The SMILES string of the molecule is CC/C(=C/N)N=CC(CC)C(C)C. The Kier molecular flexibility index (Phi) is 6.29. The lowest BCUT2D eigenvalue weighted by Gasteiger charge is -2.13. The van der Waals surface area contributed by atoms with Crippen LogP contribution in [0, 0.1) is 11.8 Å². The number of hydrogen-bond acceptors (Lipinski definition) is 2. The number of hydrogen-bond donors (Lipinski definition) is 1. The summed E-state index contributed by atoms with van der Waals surface area (Å²) in [4.78, 5) is 4.36. The third-order valence-electron chi connectivity index (χ3n) is 2.31. The highest BCUT2D eigenvalue weighted by molar-refractivity contribution is 5.62. The van der Waals surface area contributed by atoms with E-state index in [4.69, 9.17) is 5.73 Å². The summed E-state index contributed by atoms with van der Waals surface area (Å²) in [7, 11) is 0. The molecule has 0 saturated carbocycles. The second-order valence-corrected chi connectivity index (χ2v) is 3.61. The van der Waals surface area contributed by atoms with Crippen molar-refractivity contribution in [3.8, 4) is 0 Å². The molecule has 0 fully saturated rings. The molecule has 0 rings (SSSR count). The molecule has 76 valence electrons. The molecule has 0 heterocycles. The van der Waals surface area contributed by atoms with Gasteiger partial charge in [0.25, 0.3) is 0 Å². The molecule has 2 nitrogen and oxygen atoms in total. The highest BCUT2D eigenvalue weighted by atomic mass is 14.8. The minimum atomic E-state index is 0.571. The fourth-order valence-electron chi connectivity index (χ4n) is 1.19. The van der Waals surface area contributed by atoms with Gasteiger partial charge in [-0.2, -0.15) is 0 Å². The molecule has 0 aromatic heterocycles. The summed E-state index contributed by atoms with van der Waals surface area (Å²) in [5, 5.41) is 0. The predicted molar refractivity (Wildman–Crippen MR) is 59.7 cm³/mol. The van der Waals surface area contributed by atoms with Crippen LogP contribution in [-0.2, 0) is 0 Å². The van der Waals surface area contributed by atoms with Gasteiger partial charge in [-0.05, 0) is 24.7 Å². The molecule has 0 spiro atoms. The highest BCUT2D eigenvalue weighted by Crippen LogP contribution is 2.13. The number of nitrogens with two attached hydrogens (primary N) is 1. The Balaban J connectivity index is 4.21. The molecule has 0 aromatic rings. The van der Waals surface area contributed by atoms with Crippen molar-refractivity contribution in [2.45, 2.75) is 40.5 Å². The second-order valence-electron chi connectivity index (χ2n) is 3.61. The number of allylic oxidation sites excluding steroid dienone is 1. The van der Waals surface area contributed by atoms with Gasteiger partial charge in [-0.3, -0.25) is 4.99 Å². The smallest absolute Gasteiger partial charge is 0.0551 e. The summed E-state index contributed by atoms with van der Waals surface area (Å²) in [5.74, 6) is 1.23. The van der Waals surface area contributed by atoms with Crippen molar-refractivity contribution >= 4 is 6.21 Å². The zero-order chi connectivity index (χ0) is 10.3. The van der Waals surface area contributed by atoms with E-state index in [-0.39, 0.29) is 0 Å². The van der Waals surface area contributed by atoms with E-state index in [2.05, 4.69) is 32.7 Å². The minimum Gasteiger partial charge on any atom is -0.403 e. The summed E-state index contributed by atoms with van der Waals surface area (Å²) in [6.45, 7) is 8.69. The molecule has 13 heavy (non-hydrogen) atoms. The molecule has 2 heteroatoms. The Hall–Kier alpha value is -0.790. The van der Waals surface area contributed by atoms with E-state index in [1.807, 2.05) is 6.21 Å². The van der Waals surface area contributed by atoms with Gasteiger partial charge in [0.1, 0.15) is 0 Å². The van der Waals surface area contributed by atoms with Crippen LogP contribution in [-0.4, -0.2) is 6.21 Å². The lowest BCUT2D eigenvalue weighted by molar-refractivity contribution is 0.488. The molecule has 0 bridgehead atoms. The summed E-state index contributed by atoms with van der Waals surface area (Å²) >= 11 is 0. The quantitative estimate of drug-likeness (QED) is 0.652. The largest absolute Gasteiger partial charge is 0.403 e. The first kappa shape index (κ1) is 12.2. The van der Waals surface area contributed by atoms with Crippen LogP contribution in [0.15, 0.2) is 16.9 Å². The van der Waals surface area contributed by atoms with Crippen molar-refractivity contribution in [2.75, 3.05) is 0 Å². The van der Waals surface area contributed by atoms with Gasteiger partial charge in [0.2, 0.25) is 0 Å². The Bertz CT molecular complexity index is 181. The van der Waals surface area contributed by atoms with Crippen molar-refractivity contribution in [1.82, 2.24) is 0 Å². The van der Waals surface area contributed by atoms with Crippen LogP contribution in [0.25, 0.3) is 0 Å². The van der Waals surface area contributed by atoms with Crippen LogP contribution >= 0.6 is 0 Å². The third kappa shape index (κ3) is 4.71. The minimum absolute atomic E-state index is 0.571. The topological polar surface area (TPSA) is 38.4 Å². The molecule has 0 aliphatic rings. The van der Waals surface area contributed by atoms with Crippen LogP contribution < -0.4 is 5.73 Å². The van der Waals surface area contributed by atoms with Crippen LogP contribution in [0.3, 0.4) is 0 Å². The average molecular weight is 182 g/mol. The van der Waals surface area contributed by atoms with E-state index in [9.17, 15) is 0 Å². The summed E-state index contributed by atoms with van der Waals surface area (Å²) < 4.78 is 0. The van der Waals surface area contributed by atoms with Crippen molar-refractivity contribution in [3.63, 3.8) is 0 Å². The molecule has 0 aliphatic heterocycles. The van der Waals surface area contributed by atoms with Crippen molar-refractivity contribution in [2.24, 2.45) is 22.6 Å². The average Bonchev–Trinajstić information content (AvgIpc) is 2.12. The van der Waals surface area contributed by atoms with Gasteiger partial charge in [-0.1, -0.05) is 27.7 Å². The molecular formula is C11H22N2. The normalized spacial score (nSPS) is 15.6. The molecule has 1 unspecified atom stereocenters. The molecule has 1 atom stereocenters. The first-order valence-electron chi connectivity index (χ1n) is 5.10. The molecule has 0 radical (unpaired) electrons. The van der Waals surface area contributed by atoms with E-state index >= 15 is 0 Å². The second kappa shape index (κ2) is 6.70. The maximum atomic E-state index is 5.41. The van der Waals surface area contributed by atoms with Crippen molar-refractivity contribution in [3.05, 3.63) is 11.9 Å². The van der Waals surface area contributed by atoms with E-state index < -0.39 is 0 Å². The van der Waals surface area contributed by atoms with Crippen LogP contribution in [0.2, 0.25) is 0 Å². The lowest BCUT2D eigenvalue weighted by atomic mass is 9.95. The standard InChI is InChI=1S/C11H22N2/c1-5-10(9(3)4)8-13-11(6-2)7-12/h7-10H,5-6,12H2,1-4H3/b11-7-,13-8?. The third-order valence-corrected chi connectivity index (χ3v) is 2.31. The van der Waals surface area contributed by atoms with Gasteiger partial charge in [0, 0.05) is 12.4 Å². The zero-order valence-corrected chi connectivity index (χ0v) is 9.25. The molecule has 0 saturated heterocycles. The van der Waals surface area contributed by atoms with E-state index in [1.54, 1.807) is 6.20 Å². The summed E-state index contributed by atoms with van der Waals surface area (Å²) in [6.07, 6.45) is 5.67. The van der Waals surface area contributed by atoms with Gasteiger partial charge < -0.3 is 5.73 Å². The van der Waals surface area contributed by atoms with Crippen LogP contribution in [0.4, 0.5) is 0 Å². The molecule has 0 aromatic carbocycles. The monoisotopic (exact) mass is 182 g/mol. The molecule has 2 N–H and O–H groups in total. The van der Waals surface area contributed by atoms with Crippen molar-refractivity contribution < 1.29 is 0 Å².